The van der Waals surface area contributed by atoms with Gasteiger partial charge in [0.1, 0.15) is 5.69 Å². The third-order valence-electron chi connectivity index (χ3n) is 2.86. The lowest BCUT2D eigenvalue weighted by Crippen LogP contribution is -2.28. The van der Waals surface area contributed by atoms with Crippen molar-refractivity contribution in [2.45, 2.75) is 13.8 Å². The van der Waals surface area contributed by atoms with E-state index in [2.05, 4.69) is 24.1 Å². The van der Waals surface area contributed by atoms with Crippen LogP contribution < -0.4 is 11.1 Å². The fourth-order valence-corrected chi connectivity index (χ4v) is 1.74. The maximum atomic E-state index is 10.9. The van der Waals surface area contributed by atoms with Crippen LogP contribution in [-0.4, -0.2) is 36.0 Å². The highest BCUT2D eigenvalue weighted by molar-refractivity contribution is 5.66. The molecule has 6 heteroatoms. The molecule has 0 saturated carbocycles. The quantitative estimate of drug-likeness (QED) is 0.440. The average molecular weight is 252 g/mol. The van der Waals surface area contributed by atoms with Gasteiger partial charge in [-0.3, -0.25) is 10.1 Å². The zero-order valence-electron chi connectivity index (χ0n) is 10.8. The second-order valence-electron chi connectivity index (χ2n) is 3.99. The maximum Gasteiger partial charge on any atom is 0.294 e. The Hall–Kier alpha value is -1.82. The van der Waals surface area contributed by atoms with Crippen LogP contribution in [0.5, 0.6) is 0 Å². The monoisotopic (exact) mass is 252 g/mol. The third-order valence-corrected chi connectivity index (χ3v) is 2.86. The van der Waals surface area contributed by atoms with Gasteiger partial charge in [0.15, 0.2) is 0 Å². The summed E-state index contributed by atoms with van der Waals surface area (Å²) in [5.41, 5.74) is 6.48. The highest BCUT2D eigenvalue weighted by atomic mass is 16.6. The summed E-state index contributed by atoms with van der Waals surface area (Å²) in [6.45, 7) is 7.66. The summed E-state index contributed by atoms with van der Waals surface area (Å²) < 4.78 is 0. The van der Waals surface area contributed by atoms with E-state index in [1.807, 2.05) is 0 Å². The van der Waals surface area contributed by atoms with Gasteiger partial charge < -0.3 is 16.0 Å². The molecular weight excluding hydrogens is 232 g/mol. The molecule has 0 bridgehead atoms. The van der Waals surface area contributed by atoms with E-state index < -0.39 is 4.92 Å². The Morgan fingerprint density at radius 3 is 2.61 bits per heavy atom. The lowest BCUT2D eigenvalue weighted by atomic mass is 10.2. The Labute approximate surface area is 107 Å². The standard InChI is InChI=1S/C12H20N4O2/c1-3-15(4-2)8-7-14-11-6-5-10(13)9-12(11)16(17)18/h5-6,9,14H,3-4,7-8,13H2,1-2H3. The van der Waals surface area contributed by atoms with Crippen LogP contribution in [0.4, 0.5) is 17.1 Å². The van der Waals surface area contributed by atoms with E-state index in [1.54, 1.807) is 12.1 Å². The molecule has 100 valence electrons. The number of hydrogen-bond donors (Lipinski definition) is 2. The summed E-state index contributed by atoms with van der Waals surface area (Å²) in [5.74, 6) is 0. The first-order chi connectivity index (χ1) is 8.58. The highest BCUT2D eigenvalue weighted by Crippen LogP contribution is 2.26. The summed E-state index contributed by atoms with van der Waals surface area (Å²) in [7, 11) is 0. The van der Waals surface area contributed by atoms with Crippen molar-refractivity contribution in [3.63, 3.8) is 0 Å². The molecule has 6 nitrogen and oxygen atoms in total. The van der Waals surface area contributed by atoms with Crippen LogP contribution in [0, 0.1) is 10.1 Å². The van der Waals surface area contributed by atoms with Gasteiger partial charge in [0.25, 0.3) is 5.69 Å². The molecule has 1 aromatic carbocycles. The number of nitro groups is 1. The minimum atomic E-state index is -0.421. The van der Waals surface area contributed by atoms with Gasteiger partial charge in [-0.05, 0) is 25.2 Å². The Kier molecular flexibility index (Phi) is 5.38. The number of nitrogens with zero attached hydrogens (tertiary/aromatic N) is 2. The van der Waals surface area contributed by atoms with Gasteiger partial charge >= 0.3 is 0 Å². The van der Waals surface area contributed by atoms with Gasteiger partial charge in [-0.2, -0.15) is 0 Å². The van der Waals surface area contributed by atoms with Crippen molar-refractivity contribution >= 4 is 17.1 Å². The molecule has 3 N–H and O–H groups in total. The number of rotatable bonds is 7. The van der Waals surface area contributed by atoms with Crippen LogP contribution in [0.2, 0.25) is 0 Å². The summed E-state index contributed by atoms with van der Waals surface area (Å²) in [5, 5.41) is 14.0. The van der Waals surface area contributed by atoms with Gasteiger partial charge in [-0.15, -0.1) is 0 Å². The molecular formula is C12H20N4O2. The number of nitrogens with one attached hydrogen (secondary N) is 1. The Bertz CT molecular complexity index is 405. The molecule has 0 aliphatic carbocycles. The van der Waals surface area contributed by atoms with E-state index >= 15 is 0 Å². The van der Waals surface area contributed by atoms with Crippen molar-refractivity contribution in [2.24, 2.45) is 0 Å². The molecule has 0 unspecified atom stereocenters. The lowest BCUT2D eigenvalue weighted by Gasteiger charge is -2.18. The molecule has 0 atom stereocenters. The number of benzene rings is 1. The summed E-state index contributed by atoms with van der Waals surface area (Å²) in [6, 6.07) is 4.68. The molecule has 18 heavy (non-hydrogen) atoms. The van der Waals surface area contributed by atoms with Gasteiger partial charge in [0.2, 0.25) is 0 Å². The Morgan fingerprint density at radius 2 is 2.06 bits per heavy atom. The molecule has 0 aliphatic heterocycles. The second-order valence-corrected chi connectivity index (χ2v) is 3.99. The van der Waals surface area contributed by atoms with Gasteiger partial charge in [-0.1, -0.05) is 13.8 Å². The maximum absolute atomic E-state index is 10.9. The second kappa shape index (κ2) is 6.80. The first-order valence-corrected chi connectivity index (χ1v) is 6.08. The SMILES string of the molecule is CCN(CC)CCNc1ccc(N)cc1[N+](=O)[O-]. The van der Waals surface area contributed by atoms with Crippen LogP contribution in [-0.2, 0) is 0 Å². The Balaban J connectivity index is 2.64. The summed E-state index contributed by atoms with van der Waals surface area (Å²) in [4.78, 5) is 12.7. The molecule has 0 saturated heterocycles. The zero-order chi connectivity index (χ0) is 13.5. The molecule has 0 aliphatic rings. The Morgan fingerprint density at radius 1 is 1.39 bits per heavy atom. The van der Waals surface area contributed by atoms with Crippen molar-refractivity contribution < 1.29 is 4.92 Å². The summed E-state index contributed by atoms with van der Waals surface area (Å²) >= 11 is 0. The molecule has 0 spiro atoms. The fraction of sp³-hybridized carbons (Fsp3) is 0.500. The number of nitrogen functional groups attached to an aromatic ring is 1. The minimum Gasteiger partial charge on any atom is -0.399 e. The number of nitrogens with two attached hydrogens (primary N) is 1. The van der Waals surface area contributed by atoms with Crippen LogP contribution in [0.3, 0.4) is 0 Å². The lowest BCUT2D eigenvalue weighted by molar-refractivity contribution is -0.383. The normalized spacial score (nSPS) is 10.6. The van der Waals surface area contributed by atoms with E-state index in [-0.39, 0.29) is 5.69 Å². The highest BCUT2D eigenvalue weighted by Gasteiger charge is 2.13. The number of likely N-dealkylation sites (N-methyl/N-ethyl adjacent to an activating group) is 1. The average Bonchev–Trinajstić information content (AvgIpc) is 2.36. The largest absolute Gasteiger partial charge is 0.399 e. The molecule has 0 fully saturated rings. The third kappa shape index (κ3) is 3.89. The van der Waals surface area contributed by atoms with E-state index in [0.29, 0.717) is 17.9 Å². The number of nitro benzene ring substituents is 1. The van der Waals surface area contributed by atoms with Crippen LogP contribution in [0.15, 0.2) is 18.2 Å². The number of anilines is 2. The van der Waals surface area contributed by atoms with Crippen molar-refractivity contribution in [1.82, 2.24) is 4.90 Å². The first kappa shape index (κ1) is 14.2. The molecule has 1 aromatic rings. The fourth-order valence-electron chi connectivity index (χ4n) is 1.74. The van der Waals surface area contributed by atoms with Gasteiger partial charge in [-0.25, -0.2) is 0 Å². The van der Waals surface area contributed by atoms with E-state index in [1.165, 1.54) is 6.07 Å². The van der Waals surface area contributed by atoms with Crippen molar-refractivity contribution in [3.05, 3.63) is 28.3 Å². The van der Waals surface area contributed by atoms with E-state index in [0.717, 1.165) is 19.6 Å². The van der Waals surface area contributed by atoms with E-state index in [9.17, 15) is 10.1 Å². The van der Waals surface area contributed by atoms with Gasteiger partial charge in [0.05, 0.1) is 4.92 Å². The smallest absolute Gasteiger partial charge is 0.294 e. The minimum absolute atomic E-state index is 0.0227. The molecule has 0 heterocycles. The van der Waals surface area contributed by atoms with Crippen LogP contribution >= 0.6 is 0 Å². The molecule has 0 aromatic heterocycles. The van der Waals surface area contributed by atoms with Crippen molar-refractivity contribution in [1.29, 1.82) is 0 Å². The zero-order valence-corrected chi connectivity index (χ0v) is 10.8. The van der Waals surface area contributed by atoms with Crippen molar-refractivity contribution in [2.75, 3.05) is 37.2 Å². The predicted molar refractivity (Wildman–Crippen MR) is 73.8 cm³/mol. The van der Waals surface area contributed by atoms with Crippen LogP contribution in [0.25, 0.3) is 0 Å². The first-order valence-electron chi connectivity index (χ1n) is 6.08. The molecule has 1 rings (SSSR count). The summed E-state index contributed by atoms with van der Waals surface area (Å²) in [6.07, 6.45) is 0. The van der Waals surface area contributed by atoms with Crippen molar-refractivity contribution in [3.8, 4) is 0 Å². The molecule has 0 radical (unpaired) electrons. The predicted octanol–water partition coefficient (Wildman–Crippen LogP) is 1.93. The number of hydrogen-bond acceptors (Lipinski definition) is 5. The van der Waals surface area contributed by atoms with Crippen LogP contribution in [0.1, 0.15) is 13.8 Å². The van der Waals surface area contributed by atoms with E-state index in [4.69, 9.17) is 5.73 Å². The molecule has 0 amide bonds. The topological polar surface area (TPSA) is 84.4 Å². The van der Waals surface area contributed by atoms with Gasteiger partial charge in [0, 0.05) is 24.8 Å².